The van der Waals surface area contributed by atoms with Crippen LogP contribution in [0.15, 0.2) is 0 Å². The number of hydrogen-bond donors (Lipinski definition) is 0. The molecule has 0 aromatic carbocycles. The van der Waals surface area contributed by atoms with Gasteiger partial charge in [-0.3, -0.25) is 9.59 Å². The van der Waals surface area contributed by atoms with Gasteiger partial charge in [-0.05, 0) is 26.7 Å². The molecule has 1 saturated heterocycles. The normalized spacial score (nSPS) is 20.4. The van der Waals surface area contributed by atoms with Crippen molar-refractivity contribution in [2.24, 2.45) is 5.92 Å². The molecule has 0 spiro atoms. The molecule has 0 N–H and O–H groups in total. The van der Waals surface area contributed by atoms with E-state index in [0.29, 0.717) is 19.4 Å². The van der Waals surface area contributed by atoms with Crippen LogP contribution < -0.4 is 0 Å². The monoisotopic (exact) mass is 307 g/mol. The summed E-state index contributed by atoms with van der Waals surface area (Å²) in [6.45, 7) is 4.11. The van der Waals surface area contributed by atoms with Gasteiger partial charge in [-0.1, -0.05) is 0 Å². The molecule has 0 aliphatic carbocycles. The molecule has 1 heterocycles. The number of sulfonamides is 1. The van der Waals surface area contributed by atoms with Crippen molar-refractivity contribution in [1.29, 1.82) is 0 Å². The topological polar surface area (TPSA) is 90.0 Å². The average molecular weight is 307 g/mol. The second kappa shape index (κ2) is 7.58. The standard InChI is InChI=1S/C12H21NO6S/c1-3-18-11(14)9-20(16,17)13-7-5-6-10(8-13)12(15)19-4-2/h10H,3-9H2,1-2H3. The average Bonchev–Trinajstić information content (AvgIpc) is 2.39. The minimum atomic E-state index is -3.74. The lowest BCUT2D eigenvalue weighted by Gasteiger charge is -2.30. The number of ether oxygens (including phenoxy) is 2. The fourth-order valence-electron chi connectivity index (χ4n) is 2.09. The van der Waals surface area contributed by atoms with E-state index in [4.69, 9.17) is 4.74 Å². The number of esters is 2. The van der Waals surface area contributed by atoms with Crippen LogP contribution in [-0.4, -0.2) is 56.7 Å². The first-order valence-corrected chi connectivity index (χ1v) is 8.31. The second-order valence-electron chi connectivity index (χ2n) is 4.51. The first-order valence-electron chi connectivity index (χ1n) is 6.70. The third-order valence-electron chi connectivity index (χ3n) is 3.00. The fraction of sp³-hybridized carbons (Fsp3) is 0.833. The maximum atomic E-state index is 12.1. The van der Waals surface area contributed by atoms with Gasteiger partial charge in [0.15, 0.2) is 5.75 Å². The predicted molar refractivity (Wildman–Crippen MR) is 71.3 cm³/mol. The molecule has 0 radical (unpaired) electrons. The van der Waals surface area contributed by atoms with E-state index in [1.165, 1.54) is 4.31 Å². The molecule has 1 aliphatic rings. The molecule has 0 aromatic heterocycles. The van der Waals surface area contributed by atoms with Crippen molar-refractivity contribution in [3.05, 3.63) is 0 Å². The van der Waals surface area contributed by atoms with E-state index < -0.39 is 27.7 Å². The van der Waals surface area contributed by atoms with Crippen LogP contribution in [0.3, 0.4) is 0 Å². The van der Waals surface area contributed by atoms with Crippen molar-refractivity contribution >= 4 is 22.0 Å². The van der Waals surface area contributed by atoms with Crippen molar-refractivity contribution in [3.63, 3.8) is 0 Å². The highest BCUT2D eigenvalue weighted by Crippen LogP contribution is 2.20. The van der Waals surface area contributed by atoms with Crippen LogP contribution in [0.5, 0.6) is 0 Å². The van der Waals surface area contributed by atoms with E-state index in [1.807, 2.05) is 0 Å². The Labute approximate surface area is 119 Å². The summed E-state index contributed by atoms with van der Waals surface area (Å²) in [6, 6.07) is 0. The Kier molecular flexibility index (Phi) is 6.41. The minimum Gasteiger partial charge on any atom is -0.466 e. The Balaban J connectivity index is 2.65. The molecule has 0 saturated carbocycles. The molecule has 0 bridgehead atoms. The summed E-state index contributed by atoms with van der Waals surface area (Å²) in [5.41, 5.74) is 0. The van der Waals surface area contributed by atoms with Crippen molar-refractivity contribution in [3.8, 4) is 0 Å². The molecule has 20 heavy (non-hydrogen) atoms. The fourth-order valence-corrected chi connectivity index (χ4v) is 3.47. The molecular weight excluding hydrogens is 286 g/mol. The van der Waals surface area contributed by atoms with E-state index in [2.05, 4.69) is 4.74 Å². The summed E-state index contributed by atoms with van der Waals surface area (Å²) in [5.74, 6) is -2.30. The molecule has 1 fully saturated rings. The van der Waals surface area contributed by atoms with Crippen LogP contribution in [0.25, 0.3) is 0 Å². The highest BCUT2D eigenvalue weighted by atomic mass is 32.2. The minimum absolute atomic E-state index is 0.0700. The number of carbonyl (C=O) groups is 2. The van der Waals surface area contributed by atoms with Crippen LogP contribution in [0, 0.1) is 5.92 Å². The van der Waals surface area contributed by atoms with Gasteiger partial charge in [0.1, 0.15) is 0 Å². The van der Waals surface area contributed by atoms with Crippen molar-refractivity contribution in [1.82, 2.24) is 4.31 Å². The van der Waals surface area contributed by atoms with Gasteiger partial charge in [-0.15, -0.1) is 0 Å². The summed E-state index contributed by atoms with van der Waals surface area (Å²) in [5, 5.41) is 0. The first kappa shape index (κ1) is 16.9. The van der Waals surface area contributed by atoms with E-state index >= 15 is 0 Å². The van der Waals surface area contributed by atoms with Gasteiger partial charge in [0, 0.05) is 13.1 Å². The molecule has 1 rings (SSSR count). The van der Waals surface area contributed by atoms with Crippen molar-refractivity contribution in [2.45, 2.75) is 26.7 Å². The van der Waals surface area contributed by atoms with Gasteiger partial charge in [0.25, 0.3) is 0 Å². The molecule has 1 unspecified atom stereocenters. The SMILES string of the molecule is CCOC(=O)CS(=O)(=O)N1CCCC(C(=O)OCC)C1. The summed E-state index contributed by atoms with van der Waals surface area (Å²) in [4.78, 5) is 23.0. The molecule has 1 atom stereocenters. The van der Waals surface area contributed by atoms with Gasteiger partial charge >= 0.3 is 11.9 Å². The first-order chi connectivity index (χ1) is 9.40. The zero-order chi connectivity index (χ0) is 15.2. The van der Waals surface area contributed by atoms with E-state index in [0.717, 1.165) is 0 Å². The molecule has 1 aliphatic heterocycles. The second-order valence-corrected chi connectivity index (χ2v) is 6.48. The molecule has 116 valence electrons. The third-order valence-corrected chi connectivity index (χ3v) is 4.72. The summed E-state index contributed by atoms with van der Waals surface area (Å²) in [7, 11) is -3.74. The Morgan fingerprint density at radius 3 is 2.45 bits per heavy atom. The quantitative estimate of drug-likeness (QED) is 0.649. The maximum Gasteiger partial charge on any atom is 0.322 e. The number of rotatable bonds is 6. The Hall–Kier alpha value is -1.15. The van der Waals surface area contributed by atoms with Crippen LogP contribution in [0.1, 0.15) is 26.7 Å². The maximum absolute atomic E-state index is 12.1. The lowest BCUT2D eigenvalue weighted by Crippen LogP contribution is -2.44. The van der Waals surface area contributed by atoms with Gasteiger partial charge < -0.3 is 9.47 Å². The zero-order valence-corrected chi connectivity index (χ0v) is 12.6. The summed E-state index contributed by atoms with van der Waals surface area (Å²) in [6.07, 6.45) is 1.18. The van der Waals surface area contributed by atoms with Crippen LogP contribution >= 0.6 is 0 Å². The van der Waals surface area contributed by atoms with Crippen LogP contribution in [0.4, 0.5) is 0 Å². The largest absolute Gasteiger partial charge is 0.466 e. The van der Waals surface area contributed by atoms with E-state index in [9.17, 15) is 18.0 Å². The highest BCUT2D eigenvalue weighted by molar-refractivity contribution is 7.89. The Morgan fingerprint density at radius 2 is 1.85 bits per heavy atom. The number of carbonyl (C=O) groups excluding carboxylic acids is 2. The molecule has 0 aromatic rings. The number of hydrogen-bond acceptors (Lipinski definition) is 6. The molecule has 7 nitrogen and oxygen atoms in total. The molecule has 8 heteroatoms. The lowest BCUT2D eigenvalue weighted by molar-refractivity contribution is -0.149. The van der Waals surface area contributed by atoms with Crippen LogP contribution in [0.2, 0.25) is 0 Å². The van der Waals surface area contributed by atoms with Gasteiger partial charge in [-0.2, -0.15) is 0 Å². The summed E-state index contributed by atoms with van der Waals surface area (Å²) < 4.78 is 34.9. The predicted octanol–water partition coefficient (Wildman–Crippen LogP) is 0.154. The molecular formula is C12H21NO6S. The zero-order valence-electron chi connectivity index (χ0n) is 11.8. The lowest BCUT2D eigenvalue weighted by atomic mass is 10.0. The number of piperidine rings is 1. The third kappa shape index (κ3) is 4.75. The van der Waals surface area contributed by atoms with Crippen molar-refractivity contribution in [2.75, 3.05) is 32.1 Å². The highest BCUT2D eigenvalue weighted by Gasteiger charge is 2.34. The van der Waals surface area contributed by atoms with Crippen LogP contribution in [-0.2, 0) is 29.1 Å². The number of nitrogens with zero attached hydrogens (tertiary/aromatic N) is 1. The van der Waals surface area contributed by atoms with Gasteiger partial charge in [0.05, 0.1) is 19.1 Å². The van der Waals surface area contributed by atoms with Gasteiger partial charge in [0.2, 0.25) is 10.0 Å². The van der Waals surface area contributed by atoms with Gasteiger partial charge in [-0.25, -0.2) is 12.7 Å². The van der Waals surface area contributed by atoms with Crippen molar-refractivity contribution < 1.29 is 27.5 Å². The Morgan fingerprint density at radius 1 is 1.20 bits per heavy atom. The van der Waals surface area contributed by atoms with E-state index in [-0.39, 0.29) is 25.7 Å². The summed E-state index contributed by atoms with van der Waals surface area (Å²) >= 11 is 0. The smallest absolute Gasteiger partial charge is 0.322 e. The van der Waals surface area contributed by atoms with E-state index in [1.54, 1.807) is 13.8 Å². The Bertz CT molecular complexity index is 447. The molecule has 0 amide bonds.